The standard InChI is InChI=1S/C14H18FNO2/c1-3-14(7-8-16-9-14)13(17)10-5-4-6-11(18-2)12(10)15/h4-6,16H,3,7-9H2,1-2H3. The molecule has 1 aromatic rings. The van der Waals surface area contributed by atoms with Crippen LogP contribution in [-0.2, 0) is 0 Å². The van der Waals surface area contributed by atoms with Crippen molar-refractivity contribution < 1.29 is 13.9 Å². The number of benzene rings is 1. The highest BCUT2D eigenvalue weighted by atomic mass is 19.1. The van der Waals surface area contributed by atoms with Crippen LogP contribution in [-0.4, -0.2) is 26.0 Å². The fourth-order valence-corrected chi connectivity index (χ4v) is 2.53. The molecule has 1 aliphatic rings. The van der Waals surface area contributed by atoms with E-state index in [1.165, 1.54) is 19.2 Å². The van der Waals surface area contributed by atoms with Crippen LogP contribution in [0.5, 0.6) is 5.75 Å². The van der Waals surface area contributed by atoms with E-state index >= 15 is 0 Å². The molecule has 1 atom stereocenters. The van der Waals surface area contributed by atoms with Gasteiger partial charge in [-0.05, 0) is 31.5 Å². The van der Waals surface area contributed by atoms with Gasteiger partial charge in [0.05, 0.1) is 12.7 Å². The minimum Gasteiger partial charge on any atom is -0.494 e. The Morgan fingerprint density at radius 2 is 2.33 bits per heavy atom. The van der Waals surface area contributed by atoms with Gasteiger partial charge in [0, 0.05) is 12.0 Å². The fourth-order valence-electron chi connectivity index (χ4n) is 2.53. The first kappa shape index (κ1) is 13.0. The second kappa shape index (κ2) is 5.06. The summed E-state index contributed by atoms with van der Waals surface area (Å²) in [6.45, 7) is 3.41. The van der Waals surface area contributed by atoms with Crippen molar-refractivity contribution in [2.75, 3.05) is 20.2 Å². The van der Waals surface area contributed by atoms with Gasteiger partial charge < -0.3 is 10.1 Å². The Labute approximate surface area is 106 Å². The van der Waals surface area contributed by atoms with Crippen LogP contribution in [0.15, 0.2) is 18.2 Å². The van der Waals surface area contributed by atoms with E-state index in [4.69, 9.17) is 4.74 Å². The average Bonchev–Trinajstić information content (AvgIpc) is 2.88. The molecule has 1 aromatic carbocycles. The lowest BCUT2D eigenvalue weighted by Crippen LogP contribution is -2.33. The molecule has 1 unspecified atom stereocenters. The van der Waals surface area contributed by atoms with Gasteiger partial charge in [0.15, 0.2) is 17.3 Å². The van der Waals surface area contributed by atoms with Gasteiger partial charge in [0.1, 0.15) is 0 Å². The number of nitrogens with one attached hydrogen (secondary N) is 1. The van der Waals surface area contributed by atoms with E-state index in [-0.39, 0.29) is 17.1 Å². The molecule has 0 aliphatic carbocycles. The van der Waals surface area contributed by atoms with Gasteiger partial charge in [-0.1, -0.05) is 13.0 Å². The zero-order chi connectivity index (χ0) is 13.2. The molecule has 2 rings (SSSR count). The summed E-state index contributed by atoms with van der Waals surface area (Å²) >= 11 is 0. The summed E-state index contributed by atoms with van der Waals surface area (Å²) in [5, 5.41) is 3.19. The molecule has 18 heavy (non-hydrogen) atoms. The molecule has 1 aliphatic heterocycles. The minimum absolute atomic E-state index is 0.119. The fraction of sp³-hybridized carbons (Fsp3) is 0.500. The Bertz CT molecular complexity index is 453. The predicted octanol–water partition coefficient (Wildman–Crippen LogP) is 2.41. The number of ether oxygens (including phenoxy) is 1. The Balaban J connectivity index is 2.39. The Morgan fingerprint density at radius 1 is 1.56 bits per heavy atom. The first-order chi connectivity index (χ1) is 8.64. The van der Waals surface area contributed by atoms with Crippen molar-refractivity contribution in [2.24, 2.45) is 5.41 Å². The zero-order valence-electron chi connectivity index (χ0n) is 10.8. The van der Waals surface area contributed by atoms with Crippen LogP contribution in [0.3, 0.4) is 0 Å². The predicted molar refractivity (Wildman–Crippen MR) is 67.5 cm³/mol. The van der Waals surface area contributed by atoms with Crippen molar-refractivity contribution in [2.45, 2.75) is 19.8 Å². The monoisotopic (exact) mass is 251 g/mol. The Kier molecular flexibility index (Phi) is 3.66. The Morgan fingerprint density at radius 3 is 2.89 bits per heavy atom. The summed E-state index contributed by atoms with van der Waals surface area (Å²) in [6.07, 6.45) is 1.48. The molecule has 4 heteroatoms. The molecular weight excluding hydrogens is 233 g/mol. The van der Waals surface area contributed by atoms with Crippen LogP contribution in [0.4, 0.5) is 4.39 Å². The number of rotatable bonds is 4. The molecule has 98 valence electrons. The number of hydrogen-bond donors (Lipinski definition) is 1. The van der Waals surface area contributed by atoms with E-state index in [0.717, 1.165) is 19.4 Å². The van der Waals surface area contributed by atoms with Gasteiger partial charge in [-0.3, -0.25) is 4.79 Å². The van der Waals surface area contributed by atoms with Crippen LogP contribution in [0.2, 0.25) is 0 Å². The maximum atomic E-state index is 14.1. The molecule has 0 aromatic heterocycles. The van der Waals surface area contributed by atoms with E-state index in [0.29, 0.717) is 6.54 Å². The summed E-state index contributed by atoms with van der Waals surface area (Å²) in [5.74, 6) is -0.547. The van der Waals surface area contributed by atoms with Crippen LogP contribution in [0, 0.1) is 11.2 Å². The lowest BCUT2D eigenvalue weighted by molar-refractivity contribution is 0.0805. The Hall–Kier alpha value is -1.42. The maximum Gasteiger partial charge on any atom is 0.175 e. The molecule has 0 bridgehead atoms. The lowest BCUT2D eigenvalue weighted by atomic mass is 9.77. The van der Waals surface area contributed by atoms with Crippen molar-refractivity contribution in [3.63, 3.8) is 0 Å². The second-order valence-corrected chi connectivity index (χ2v) is 4.71. The van der Waals surface area contributed by atoms with E-state index in [2.05, 4.69) is 5.32 Å². The van der Waals surface area contributed by atoms with Gasteiger partial charge in [0.2, 0.25) is 0 Å². The number of carbonyl (C=O) groups is 1. The van der Waals surface area contributed by atoms with Crippen molar-refractivity contribution in [3.8, 4) is 5.75 Å². The summed E-state index contributed by atoms with van der Waals surface area (Å²) in [4.78, 5) is 12.6. The highest BCUT2D eigenvalue weighted by Crippen LogP contribution is 2.35. The molecule has 0 spiro atoms. The van der Waals surface area contributed by atoms with Crippen LogP contribution in [0.1, 0.15) is 30.1 Å². The van der Waals surface area contributed by atoms with Gasteiger partial charge >= 0.3 is 0 Å². The molecular formula is C14H18FNO2. The van der Waals surface area contributed by atoms with Crippen molar-refractivity contribution >= 4 is 5.78 Å². The summed E-state index contributed by atoms with van der Waals surface area (Å²) in [5.41, 5.74) is -0.326. The number of halogens is 1. The zero-order valence-corrected chi connectivity index (χ0v) is 10.8. The SMILES string of the molecule is CCC1(C(=O)c2cccc(OC)c2F)CCNC1. The number of hydrogen-bond acceptors (Lipinski definition) is 3. The first-order valence-electron chi connectivity index (χ1n) is 6.22. The van der Waals surface area contributed by atoms with Gasteiger partial charge in [-0.2, -0.15) is 0 Å². The quantitative estimate of drug-likeness (QED) is 0.835. The van der Waals surface area contributed by atoms with Crippen LogP contribution in [0.25, 0.3) is 0 Å². The summed E-state index contributed by atoms with van der Waals surface area (Å²) < 4.78 is 19.0. The molecule has 1 fully saturated rings. The minimum atomic E-state index is -0.551. The molecule has 0 saturated carbocycles. The van der Waals surface area contributed by atoms with Crippen LogP contribution >= 0.6 is 0 Å². The molecule has 3 nitrogen and oxygen atoms in total. The number of Topliss-reactive ketones (excluding diaryl/α,β-unsaturated/α-hetero) is 1. The summed E-state index contributed by atoms with van der Waals surface area (Å²) in [7, 11) is 1.40. The lowest BCUT2D eigenvalue weighted by Gasteiger charge is -2.25. The number of carbonyl (C=O) groups excluding carboxylic acids is 1. The molecule has 1 saturated heterocycles. The normalized spacial score (nSPS) is 23.1. The van der Waals surface area contributed by atoms with E-state index < -0.39 is 11.2 Å². The van der Waals surface area contributed by atoms with Gasteiger partial charge in [-0.15, -0.1) is 0 Å². The third kappa shape index (κ3) is 2.01. The van der Waals surface area contributed by atoms with E-state index in [1.807, 2.05) is 6.92 Å². The highest BCUT2D eigenvalue weighted by Gasteiger charge is 2.41. The van der Waals surface area contributed by atoms with Gasteiger partial charge in [-0.25, -0.2) is 4.39 Å². The van der Waals surface area contributed by atoms with E-state index in [1.54, 1.807) is 6.07 Å². The van der Waals surface area contributed by atoms with Crippen molar-refractivity contribution in [1.82, 2.24) is 5.32 Å². The smallest absolute Gasteiger partial charge is 0.175 e. The highest BCUT2D eigenvalue weighted by molar-refractivity contribution is 6.01. The number of ketones is 1. The van der Waals surface area contributed by atoms with E-state index in [9.17, 15) is 9.18 Å². The van der Waals surface area contributed by atoms with Gasteiger partial charge in [0.25, 0.3) is 0 Å². The number of methoxy groups -OCH3 is 1. The third-order valence-corrected chi connectivity index (χ3v) is 3.83. The third-order valence-electron chi connectivity index (χ3n) is 3.83. The van der Waals surface area contributed by atoms with Crippen LogP contribution < -0.4 is 10.1 Å². The first-order valence-corrected chi connectivity index (χ1v) is 6.22. The molecule has 0 radical (unpaired) electrons. The maximum absolute atomic E-state index is 14.1. The molecule has 1 heterocycles. The van der Waals surface area contributed by atoms with Crippen molar-refractivity contribution in [3.05, 3.63) is 29.6 Å². The second-order valence-electron chi connectivity index (χ2n) is 4.71. The average molecular weight is 251 g/mol. The van der Waals surface area contributed by atoms with Crippen molar-refractivity contribution in [1.29, 1.82) is 0 Å². The topological polar surface area (TPSA) is 38.3 Å². The molecule has 0 amide bonds. The molecule has 1 N–H and O–H groups in total. The summed E-state index contributed by atoms with van der Waals surface area (Å²) in [6, 6.07) is 4.72. The largest absolute Gasteiger partial charge is 0.494 e.